The fraction of sp³-hybridized carbons (Fsp3) is 0.548. The normalized spacial score (nSPS) is 16.2. The predicted octanol–water partition coefficient (Wildman–Crippen LogP) is 6.92. The molecule has 0 bridgehead atoms. The lowest BCUT2D eigenvalue weighted by Gasteiger charge is -2.46. The summed E-state index contributed by atoms with van der Waals surface area (Å²) < 4.78 is 14.1. The van der Waals surface area contributed by atoms with E-state index in [1.165, 1.54) is 10.4 Å². The summed E-state index contributed by atoms with van der Waals surface area (Å²) in [5.41, 5.74) is 0. The molecule has 0 heterocycles. The maximum absolute atomic E-state index is 9.94. The first-order chi connectivity index (χ1) is 16.6. The number of hydrogen-bond donors (Lipinski definition) is 1. The molecule has 0 aliphatic carbocycles. The zero-order valence-electron chi connectivity index (χ0n) is 24.3. The van der Waals surface area contributed by atoms with Gasteiger partial charge in [0.15, 0.2) is 8.32 Å². The first-order valence-electron chi connectivity index (χ1n) is 13.4. The Bertz CT molecular complexity index is 902. The molecule has 0 saturated heterocycles. The highest BCUT2D eigenvalue weighted by Crippen LogP contribution is 2.40. The van der Waals surface area contributed by atoms with Crippen LogP contribution in [0.15, 0.2) is 72.8 Å². The molecule has 1 unspecified atom stereocenters. The van der Waals surface area contributed by atoms with Crippen LogP contribution < -0.4 is 10.4 Å². The molecule has 5 heteroatoms. The minimum atomic E-state index is -2.70. The molecule has 0 spiro atoms. The van der Waals surface area contributed by atoms with Crippen LogP contribution in [0.25, 0.3) is 0 Å². The zero-order valence-corrected chi connectivity index (χ0v) is 26.3. The Morgan fingerprint density at radius 3 is 1.64 bits per heavy atom. The van der Waals surface area contributed by atoms with Gasteiger partial charge < -0.3 is 14.0 Å². The largest absolute Gasteiger partial charge is 0.417 e. The van der Waals surface area contributed by atoms with Gasteiger partial charge in [-0.25, -0.2) is 0 Å². The monoisotopic (exact) mass is 526 g/mol. The maximum Gasteiger partial charge on any atom is 0.261 e. The molecule has 0 saturated carbocycles. The van der Waals surface area contributed by atoms with Gasteiger partial charge in [-0.05, 0) is 52.8 Å². The van der Waals surface area contributed by atoms with Crippen LogP contribution in [0.1, 0.15) is 61.8 Å². The summed E-state index contributed by atoms with van der Waals surface area (Å²) in [7, 11) is -4.57. The van der Waals surface area contributed by atoms with Gasteiger partial charge in [-0.2, -0.15) is 0 Å². The molecule has 0 amide bonds. The van der Waals surface area contributed by atoms with Gasteiger partial charge in [0.1, 0.15) is 0 Å². The lowest BCUT2D eigenvalue weighted by molar-refractivity contribution is 0.117. The Balaban J connectivity index is 2.56. The number of rotatable bonds is 11. The quantitative estimate of drug-likeness (QED) is 0.255. The first kappa shape index (κ1) is 30.7. The summed E-state index contributed by atoms with van der Waals surface area (Å²) in [6.07, 6.45) is 4.27. The number of aliphatic hydroxyl groups excluding tert-OH is 1. The molecular formula is C31H50O3Si2. The van der Waals surface area contributed by atoms with Crippen LogP contribution in [-0.2, 0) is 8.85 Å². The minimum absolute atomic E-state index is 0.0453. The Hall–Kier alpha value is -1.51. The molecule has 3 atom stereocenters. The summed E-state index contributed by atoms with van der Waals surface area (Å²) in [4.78, 5) is 0. The summed E-state index contributed by atoms with van der Waals surface area (Å²) in [6.45, 7) is 23.1. The maximum atomic E-state index is 9.94. The Morgan fingerprint density at radius 2 is 1.25 bits per heavy atom. The highest BCUT2D eigenvalue weighted by molar-refractivity contribution is 6.99. The third-order valence-corrected chi connectivity index (χ3v) is 17.3. The Kier molecular flexibility index (Phi) is 10.5. The van der Waals surface area contributed by atoms with Crippen LogP contribution in [-0.4, -0.2) is 40.6 Å². The van der Waals surface area contributed by atoms with Crippen LogP contribution in [0, 0.1) is 5.92 Å². The van der Waals surface area contributed by atoms with Gasteiger partial charge in [0.2, 0.25) is 0 Å². The van der Waals surface area contributed by atoms with E-state index in [0.29, 0.717) is 6.61 Å². The van der Waals surface area contributed by atoms with Crippen LogP contribution in [0.4, 0.5) is 0 Å². The van der Waals surface area contributed by atoms with Gasteiger partial charge in [0.05, 0.1) is 12.2 Å². The van der Waals surface area contributed by atoms with Crippen LogP contribution in [0.5, 0.6) is 0 Å². The van der Waals surface area contributed by atoms with Gasteiger partial charge in [-0.15, -0.1) is 0 Å². The van der Waals surface area contributed by atoms with Crippen LogP contribution >= 0.6 is 0 Å². The third kappa shape index (κ3) is 7.51. The van der Waals surface area contributed by atoms with Crippen molar-refractivity contribution in [2.45, 2.75) is 97.2 Å². The van der Waals surface area contributed by atoms with Gasteiger partial charge >= 0.3 is 0 Å². The van der Waals surface area contributed by atoms with E-state index in [4.69, 9.17) is 8.85 Å². The number of hydrogen-bond acceptors (Lipinski definition) is 3. The van der Waals surface area contributed by atoms with E-state index in [0.717, 1.165) is 6.42 Å². The van der Waals surface area contributed by atoms with Crippen molar-refractivity contribution in [3.8, 4) is 0 Å². The molecule has 0 radical (unpaired) electrons. The Labute approximate surface area is 223 Å². The lowest BCUT2D eigenvalue weighted by atomic mass is 10.0. The van der Waals surface area contributed by atoms with E-state index in [1.807, 2.05) is 6.08 Å². The van der Waals surface area contributed by atoms with Crippen molar-refractivity contribution >= 4 is 27.0 Å². The van der Waals surface area contributed by atoms with Gasteiger partial charge in [0.25, 0.3) is 8.32 Å². The van der Waals surface area contributed by atoms with Crippen molar-refractivity contribution in [3.05, 3.63) is 72.8 Å². The van der Waals surface area contributed by atoms with E-state index in [9.17, 15) is 5.11 Å². The highest BCUT2D eigenvalue weighted by Gasteiger charge is 2.51. The van der Waals surface area contributed by atoms with Crippen molar-refractivity contribution in [2.75, 3.05) is 6.61 Å². The second-order valence-corrected chi connectivity index (χ2v) is 21.8. The van der Waals surface area contributed by atoms with Crippen molar-refractivity contribution in [3.63, 3.8) is 0 Å². The molecule has 0 aliphatic rings. The first-order valence-corrected chi connectivity index (χ1v) is 18.2. The molecule has 2 aromatic carbocycles. The van der Waals surface area contributed by atoms with Crippen molar-refractivity contribution in [1.29, 1.82) is 0 Å². The molecule has 1 N–H and O–H groups in total. The smallest absolute Gasteiger partial charge is 0.261 e. The average molecular weight is 527 g/mol. The summed E-state index contributed by atoms with van der Waals surface area (Å²) >= 11 is 0. The van der Waals surface area contributed by atoms with Gasteiger partial charge in [-0.1, -0.05) is 121 Å². The van der Waals surface area contributed by atoms with Crippen molar-refractivity contribution in [2.24, 2.45) is 5.92 Å². The summed E-state index contributed by atoms with van der Waals surface area (Å²) in [5, 5.41) is 12.6. The van der Waals surface area contributed by atoms with Crippen molar-refractivity contribution < 1.29 is 14.0 Å². The molecule has 36 heavy (non-hydrogen) atoms. The van der Waals surface area contributed by atoms with E-state index in [-0.39, 0.29) is 22.1 Å². The molecule has 3 nitrogen and oxygen atoms in total. The highest BCUT2D eigenvalue weighted by atomic mass is 28.4. The molecule has 0 fully saturated rings. The van der Waals surface area contributed by atoms with Gasteiger partial charge in [-0.3, -0.25) is 0 Å². The summed E-state index contributed by atoms with van der Waals surface area (Å²) in [5.74, 6) is 0.129. The fourth-order valence-electron chi connectivity index (χ4n) is 4.45. The standard InChI is InChI=1S/C31H50O3Si2/c1-25(21-22-26(2)32)29(23-24-33-35(9,10)30(3,4)5)34-36(31(6,7)8,27-17-13-11-14-18-27)28-19-15-12-16-20-28/h11-22,25-26,29,32H,23-24H2,1-10H3/b22-21+/t25-,26?,29-/m1/s1. The molecular weight excluding hydrogens is 477 g/mol. The van der Waals surface area contributed by atoms with E-state index >= 15 is 0 Å². The van der Waals surface area contributed by atoms with E-state index in [2.05, 4.69) is 128 Å². The predicted molar refractivity (Wildman–Crippen MR) is 160 cm³/mol. The lowest BCUT2D eigenvalue weighted by Crippen LogP contribution is -2.68. The average Bonchev–Trinajstić information content (AvgIpc) is 2.79. The number of aliphatic hydroxyl groups is 1. The zero-order chi connectivity index (χ0) is 27.2. The van der Waals surface area contributed by atoms with Crippen molar-refractivity contribution in [1.82, 2.24) is 0 Å². The molecule has 200 valence electrons. The van der Waals surface area contributed by atoms with E-state index in [1.54, 1.807) is 6.92 Å². The van der Waals surface area contributed by atoms with Crippen LogP contribution in [0.3, 0.4) is 0 Å². The minimum Gasteiger partial charge on any atom is -0.417 e. The van der Waals surface area contributed by atoms with Gasteiger partial charge in [0, 0.05) is 6.61 Å². The molecule has 0 aromatic heterocycles. The molecule has 2 rings (SSSR count). The third-order valence-electron chi connectivity index (χ3n) is 7.70. The fourth-order valence-corrected chi connectivity index (χ4v) is 10.3. The number of benzene rings is 2. The second kappa shape index (κ2) is 12.4. The SMILES string of the molecule is CC(O)/C=C/[C@@H](C)[C@@H](CCO[Si](C)(C)C(C)(C)C)O[Si](c1ccccc1)(c1ccccc1)C(C)(C)C. The van der Waals surface area contributed by atoms with Crippen LogP contribution in [0.2, 0.25) is 23.2 Å². The topological polar surface area (TPSA) is 38.7 Å². The molecule has 0 aliphatic heterocycles. The molecule has 2 aromatic rings. The van der Waals surface area contributed by atoms with E-state index < -0.39 is 22.7 Å². The second-order valence-electron chi connectivity index (χ2n) is 12.7. The summed E-state index contributed by atoms with van der Waals surface area (Å²) in [6, 6.07) is 21.6. The Morgan fingerprint density at radius 1 is 0.778 bits per heavy atom.